The van der Waals surface area contributed by atoms with Crippen LogP contribution in [0.3, 0.4) is 0 Å². The molecule has 0 radical (unpaired) electrons. The third kappa shape index (κ3) is 5.94. The van der Waals surface area contributed by atoms with Crippen LogP contribution in [0.4, 0.5) is 10.5 Å². The van der Waals surface area contributed by atoms with E-state index < -0.39 is 0 Å². The van der Waals surface area contributed by atoms with E-state index in [1.807, 2.05) is 42.5 Å². The van der Waals surface area contributed by atoms with Crippen molar-refractivity contribution >= 4 is 29.4 Å². The molecule has 0 aliphatic carbocycles. The zero-order valence-corrected chi connectivity index (χ0v) is 21.1. The lowest BCUT2D eigenvalue weighted by atomic mass is 9.87. The summed E-state index contributed by atoms with van der Waals surface area (Å²) in [6.45, 7) is 8.44. The molecule has 3 aromatic rings. The molecule has 0 unspecified atom stereocenters. The number of nitrogens with zero attached hydrogens (tertiary/aromatic N) is 5. The largest absolute Gasteiger partial charge is 0.338 e. The van der Waals surface area contributed by atoms with Gasteiger partial charge in [-0.2, -0.15) is 0 Å². The summed E-state index contributed by atoms with van der Waals surface area (Å²) in [5.74, 6) is 6.97. The molecule has 10 heteroatoms. The third-order valence-electron chi connectivity index (χ3n) is 5.94. The maximum atomic E-state index is 12.7. The lowest BCUT2D eigenvalue weighted by molar-refractivity contribution is -0.129. The van der Waals surface area contributed by atoms with Crippen LogP contribution in [0.25, 0.3) is 11.4 Å². The lowest BCUT2D eigenvalue weighted by Crippen LogP contribution is -2.52. The number of piperazine rings is 1. The molecule has 3 amide bonds. The van der Waals surface area contributed by atoms with E-state index in [-0.39, 0.29) is 23.1 Å². The molecule has 0 atom stereocenters. The molecule has 1 saturated heterocycles. The van der Waals surface area contributed by atoms with E-state index in [2.05, 4.69) is 48.4 Å². The summed E-state index contributed by atoms with van der Waals surface area (Å²) in [5.41, 5.74) is 2.91. The van der Waals surface area contributed by atoms with Crippen LogP contribution in [0.2, 0.25) is 0 Å². The molecule has 1 aromatic heterocycles. The van der Waals surface area contributed by atoms with E-state index in [1.54, 1.807) is 9.80 Å². The normalized spacial score (nSPS) is 14.1. The Labute approximate surface area is 209 Å². The number of amides is 3. The fourth-order valence-corrected chi connectivity index (χ4v) is 4.55. The molecular weight excluding hydrogens is 462 g/mol. The highest BCUT2D eigenvalue weighted by Crippen LogP contribution is 2.26. The quantitative estimate of drug-likeness (QED) is 0.416. The topological polar surface area (TPSA) is 109 Å². The monoisotopic (exact) mass is 493 g/mol. The zero-order chi connectivity index (χ0) is 25.0. The number of urea groups is 1. The molecule has 0 saturated carbocycles. The van der Waals surface area contributed by atoms with Crippen molar-refractivity contribution < 1.29 is 9.59 Å². The number of nitrogens with two attached hydrogens (primary N) is 1. The molecule has 35 heavy (non-hydrogen) atoms. The standard InChI is InChI=1S/C25H31N7O2S/c1-25(2,3)19-11-9-18(10-12-19)22-28-29-24(32(22)26)35-17-21(33)30-13-15-31(16-14-30)23(34)27-20-7-5-4-6-8-20/h4-12H,13-17,26H2,1-3H3,(H,27,34). The first kappa shape index (κ1) is 24.6. The number of aromatic nitrogens is 3. The molecule has 9 nitrogen and oxygen atoms in total. The zero-order valence-electron chi connectivity index (χ0n) is 20.3. The summed E-state index contributed by atoms with van der Waals surface area (Å²) < 4.78 is 1.43. The van der Waals surface area contributed by atoms with E-state index in [4.69, 9.17) is 5.84 Å². The first-order chi connectivity index (χ1) is 16.7. The van der Waals surface area contributed by atoms with Crippen molar-refractivity contribution in [3.63, 3.8) is 0 Å². The van der Waals surface area contributed by atoms with Gasteiger partial charge in [-0.15, -0.1) is 10.2 Å². The van der Waals surface area contributed by atoms with Gasteiger partial charge in [-0.25, -0.2) is 9.47 Å². The second-order valence-electron chi connectivity index (χ2n) is 9.46. The van der Waals surface area contributed by atoms with Crippen molar-refractivity contribution in [3.8, 4) is 11.4 Å². The molecule has 2 aromatic carbocycles. The highest BCUT2D eigenvalue weighted by molar-refractivity contribution is 7.99. The minimum absolute atomic E-state index is 0.0165. The molecule has 1 aliphatic rings. The number of hydrogen-bond donors (Lipinski definition) is 2. The Kier molecular flexibility index (Phi) is 7.30. The van der Waals surface area contributed by atoms with Crippen LogP contribution in [0, 0.1) is 0 Å². The number of carbonyl (C=O) groups is 2. The van der Waals surface area contributed by atoms with Crippen molar-refractivity contribution in [1.29, 1.82) is 0 Å². The summed E-state index contributed by atoms with van der Waals surface area (Å²) >= 11 is 1.26. The molecule has 0 spiro atoms. The van der Waals surface area contributed by atoms with Gasteiger partial charge >= 0.3 is 6.03 Å². The predicted octanol–water partition coefficient (Wildman–Crippen LogP) is 3.42. The summed E-state index contributed by atoms with van der Waals surface area (Å²) in [7, 11) is 0. The minimum Gasteiger partial charge on any atom is -0.338 e. The third-order valence-corrected chi connectivity index (χ3v) is 6.87. The van der Waals surface area contributed by atoms with Gasteiger partial charge < -0.3 is 21.0 Å². The van der Waals surface area contributed by atoms with Crippen LogP contribution in [-0.2, 0) is 10.2 Å². The summed E-state index contributed by atoms with van der Waals surface area (Å²) in [6.07, 6.45) is 0. The fourth-order valence-electron chi connectivity index (χ4n) is 3.79. The van der Waals surface area contributed by atoms with Crippen molar-refractivity contribution in [2.75, 3.05) is 43.1 Å². The van der Waals surface area contributed by atoms with Crippen LogP contribution in [0.5, 0.6) is 0 Å². The number of carbonyl (C=O) groups excluding carboxylic acids is 2. The number of rotatable bonds is 5. The van der Waals surface area contributed by atoms with E-state index in [1.165, 1.54) is 22.0 Å². The minimum atomic E-state index is -0.156. The number of nitrogens with one attached hydrogen (secondary N) is 1. The van der Waals surface area contributed by atoms with Gasteiger partial charge in [-0.3, -0.25) is 4.79 Å². The Hall–Kier alpha value is -3.53. The molecule has 184 valence electrons. The highest BCUT2D eigenvalue weighted by atomic mass is 32.2. The van der Waals surface area contributed by atoms with E-state index in [0.29, 0.717) is 37.2 Å². The first-order valence-corrected chi connectivity index (χ1v) is 12.5. The number of benzene rings is 2. The molecule has 1 aliphatic heterocycles. The number of para-hydroxylation sites is 1. The van der Waals surface area contributed by atoms with Gasteiger partial charge in [0.25, 0.3) is 0 Å². The number of anilines is 1. The van der Waals surface area contributed by atoms with Crippen LogP contribution < -0.4 is 11.2 Å². The molecule has 0 bridgehead atoms. The Morgan fingerprint density at radius 2 is 1.57 bits per heavy atom. The average Bonchev–Trinajstić information content (AvgIpc) is 3.23. The molecular formula is C25H31N7O2S. The lowest BCUT2D eigenvalue weighted by Gasteiger charge is -2.34. The summed E-state index contributed by atoms with van der Waals surface area (Å²) in [6, 6.07) is 17.3. The second-order valence-corrected chi connectivity index (χ2v) is 10.4. The van der Waals surface area contributed by atoms with E-state index >= 15 is 0 Å². The van der Waals surface area contributed by atoms with Crippen LogP contribution in [0.1, 0.15) is 26.3 Å². The predicted molar refractivity (Wildman–Crippen MR) is 139 cm³/mol. The van der Waals surface area contributed by atoms with Gasteiger partial charge in [0.15, 0.2) is 5.82 Å². The smallest absolute Gasteiger partial charge is 0.321 e. The average molecular weight is 494 g/mol. The van der Waals surface area contributed by atoms with Crippen molar-refractivity contribution in [2.24, 2.45) is 0 Å². The van der Waals surface area contributed by atoms with Crippen LogP contribution >= 0.6 is 11.8 Å². The van der Waals surface area contributed by atoms with Gasteiger partial charge in [0.2, 0.25) is 11.1 Å². The van der Waals surface area contributed by atoms with Crippen molar-refractivity contribution in [1.82, 2.24) is 24.7 Å². The van der Waals surface area contributed by atoms with Crippen LogP contribution in [0.15, 0.2) is 59.8 Å². The second kappa shape index (κ2) is 10.4. The molecule has 3 N–H and O–H groups in total. The highest BCUT2D eigenvalue weighted by Gasteiger charge is 2.25. The summed E-state index contributed by atoms with van der Waals surface area (Å²) in [5, 5.41) is 11.8. The van der Waals surface area contributed by atoms with Gasteiger partial charge in [-0.05, 0) is 23.1 Å². The Morgan fingerprint density at radius 1 is 0.943 bits per heavy atom. The number of thioether (sulfide) groups is 1. The summed E-state index contributed by atoms with van der Waals surface area (Å²) in [4.78, 5) is 28.7. The Morgan fingerprint density at radius 3 is 2.20 bits per heavy atom. The Balaban J connectivity index is 1.28. The SMILES string of the molecule is CC(C)(C)c1ccc(-c2nnc(SCC(=O)N3CCN(C(=O)Nc4ccccc4)CC3)n2N)cc1. The van der Waals surface area contributed by atoms with Gasteiger partial charge in [0.05, 0.1) is 5.75 Å². The molecule has 2 heterocycles. The number of nitrogen functional groups attached to an aromatic ring is 1. The first-order valence-electron chi connectivity index (χ1n) is 11.6. The molecule has 4 rings (SSSR count). The Bertz CT molecular complexity index is 1160. The number of hydrogen-bond acceptors (Lipinski definition) is 6. The maximum absolute atomic E-state index is 12.7. The maximum Gasteiger partial charge on any atom is 0.321 e. The van der Waals surface area contributed by atoms with Gasteiger partial charge in [0, 0.05) is 37.4 Å². The van der Waals surface area contributed by atoms with E-state index in [0.717, 1.165) is 11.3 Å². The van der Waals surface area contributed by atoms with Crippen molar-refractivity contribution in [2.45, 2.75) is 31.3 Å². The van der Waals surface area contributed by atoms with Crippen LogP contribution in [-0.4, -0.2) is 68.5 Å². The fraction of sp³-hybridized carbons (Fsp3) is 0.360. The molecule has 1 fully saturated rings. The van der Waals surface area contributed by atoms with Gasteiger partial charge in [0.1, 0.15) is 0 Å². The van der Waals surface area contributed by atoms with Gasteiger partial charge in [-0.1, -0.05) is 75.0 Å². The van der Waals surface area contributed by atoms with Crippen molar-refractivity contribution in [3.05, 3.63) is 60.2 Å². The van der Waals surface area contributed by atoms with E-state index in [9.17, 15) is 9.59 Å².